The summed E-state index contributed by atoms with van der Waals surface area (Å²) in [7, 11) is -3.27. The van der Waals surface area contributed by atoms with Crippen LogP contribution in [-0.2, 0) is 14.8 Å². The highest BCUT2D eigenvalue weighted by atomic mass is 32.2. The molecular weight excluding hydrogens is 194 g/mol. The summed E-state index contributed by atoms with van der Waals surface area (Å²) in [6.45, 7) is 3.73. The summed E-state index contributed by atoms with van der Waals surface area (Å²) in [4.78, 5) is 0. The van der Waals surface area contributed by atoms with Crippen molar-refractivity contribution in [2.24, 2.45) is 0 Å². The van der Waals surface area contributed by atoms with Gasteiger partial charge >= 0.3 is 0 Å². The number of aliphatic hydroxyl groups is 1. The monoisotopic (exact) mass is 211 g/mol. The van der Waals surface area contributed by atoms with E-state index in [4.69, 9.17) is 9.84 Å². The minimum atomic E-state index is -3.27. The van der Waals surface area contributed by atoms with Crippen LogP contribution in [0.5, 0.6) is 0 Å². The molecule has 0 unspecified atom stereocenters. The van der Waals surface area contributed by atoms with E-state index < -0.39 is 10.0 Å². The lowest BCUT2D eigenvalue weighted by atomic mass is 10.5. The van der Waals surface area contributed by atoms with Gasteiger partial charge < -0.3 is 9.84 Å². The second-order valence-corrected chi connectivity index (χ2v) is 4.78. The minimum absolute atomic E-state index is 0.0352. The number of aliphatic hydroxyl groups excluding tert-OH is 1. The van der Waals surface area contributed by atoms with Gasteiger partial charge in [-0.25, -0.2) is 13.1 Å². The van der Waals surface area contributed by atoms with Crippen LogP contribution in [0.1, 0.15) is 13.8 Å². The van der Waals surface area contributed by atoms with Crippen molar-refractivity contribution in [1.29, 1.82) is 0 Å². The fourth-order valence-corrected chi connectivity index (χ4v) is 1.53. The molecule has 0 bridgehead atoms. The number of sulfonamides is 1. The Balaban J connectivity index is 3.64. The number of ether oxygens (including phenoxy) is 1. The SMILES string of the molecule is CC(C)OCCS(=O)(=O)NCCO. The summed E-state index contributed by atoms with van der Waals surface area (Å²) in [6, 6.07) is 0. The molecule has 5 nitrogen and oxygen atoms in total. The molecule has 0 aromatic rings. The molecule has 0 saturated carbocycles. The Morgan fingerprint density at radius 1 is 1.46 bits per heavy atom. The molecule has 0 rings (SSSR count). The Bertz CT molecular complexity index is 213. The zero-order chi connectivity index (χ0) is 10.3. The van der Waals surface area contributed by atoms with E-state index in [0.29, 0.717) is 0 Å². The van der Waals surface area contributed by atoms with Gasteiger partial charge in [0.25, 0.3) is 0 Å². The number of rotatable bonds is 7. The van der Waals surface area contributed by atoms with Crippen LogP contribution in [0.4, 0.5) is 0 Å². The second kappa shape index (κ2) is 6.31. The van der Waals surface area contributed by atoms with E-state index in [1.807, 2.05) is 13.8 Å². The van der Waals surface area contributed by atoms with Crippen LogP contribution in [0.25, 0.3) is 0 Å². The van der Waals surface area contributed by atoms with Crippen molar-refractivity contribution < 1.29 is 18.3 Å². The first-order chi connectivity index (χ1) is 5.98. The molecule has 0 fully saturated rings. The smallest absolute Gasteiger partial charge is 0.213 e. The topological polar surface area (TPSA) is 75.6 Å². The predicted octanol–water partition coefficient (Wildman–Crippen LogP) is -0.677. The highest BCUT2D eigenvalue weighted by Crippen LogP contribution is 1.90. The summed E-state index contributed by atoms with van der Waals surface area (Å²) in [6.07, 6.45) is 0.0352. The van der Waals surface area contributed by atoms with Crippen molar-refractivity contribution in [3.05, 3.63) is 0 Å². The largest absolute Gasteiger partial charge is 0.395 e. The lowest BCUT2D eigenvalue weighted by Gasteiger charge is -2.08. The van der Waals surface area contributed by atoms with Crippen LogP contribution in [0, 0.1) is 0 Å². The normalized spacial score (nSPS) is 12.3. The third-order valence-corrected chi connectivity index (χ3v) is 2.59. The van der Waals surface area contributed by atoms with Crippen molar-refractivity contribution in [2.45, 2.75) is 20.0 Å². The Kier molecular flexibility index (Phi) is 6.23. The van der Waals surface area contributed by atoms with E-state index >= 15 is 0 Å². The first-order valence-corrected chi connectivity index (χ1v) is 5.83. The number of hydrogen-bond acceptors (Lipinski definition) is 4. The average Bonchev–Trinajstić information content (AvgIpc) is 2.00. The Hall–Kier alpha value is -0.170. The van der Waals surface area contributed by atoms with Gasteiger partial charge in [0, 0.05) is 6.54 Å². The highest BCUT2D eigenvalue weighted by Gasteiger charge is 2.08. The van der Waals surface area contributed by atoms with E-state index in [2.05, 4.69) is 4.72 Å². The fraction of sp³-hybridized carbons (Fsp3) is 1.00. The van der Waals surface area contributed by atoms with E-state index in [1.54, 1.807) is 0 Å². The van der Waals surface area contributed by atoms with Crippen LogP contribution < -0.4 is 4.72 Å². The van der Waals surface area contributed by atoms with E-state index in [-0.39, 0.29) is 31.6 Å². The summed E-state index contributed by atoms with van der Waals surface area (Å²) in [5.41, 5.74) is 0. The molecule has 0 amide bonds. The maximum Gasteiger partial charge on any atom is 0.213 e. The van der Waals surface area contributed by atoms with Gasteiger partial charge in [-0.15, -0.1) is 0 Å². The molecule has 0 saturated heterocycles. The lowest BCUT2D eigenvalue weighted by molar-refractivity contribution is 0.0911. The maximum atomic E-state index is 11.1. The Labute approximate surface area is 79.1 Å². The predicted molar refractivity (Wildman–Crippen MR) is 50.0 cm³/mol. The van der Waals surface area contributed by atoms with Gasteiger partial charge in [-0.3, -0.25) is 0 Å². The first kappa shape index (κ1) is 12.8. The zero-order valence-electron chi connectivity index (χ0n) is 7.99. The van der Waals surface area contributed by atoms with Crippen molar-refractivity contribution in [2.75, 3.05) is 25.5 Å². The molecule has 80 valence electrons. The molecule has 0 aliphatic carbocycles. The molecule has 6 heteroatoms. The highest BCUT2D eigenvalue weighted by molar-refractivity contribution is 7.89. The van der Waals surface area contributed by atoms with Gasteiger partial charge in [0.2, 0.25) is 10.0 Å². The number of nitrogens with one attached hydrogen (secondary N) is 1. The molecule has 0 radical (unpaired) electrons. The average molecular weight is 211 g/mol. The van der Waals surface area contributed by atoms with Crippen molar-refractivity contribution in [1.82, 2.24) is 4.72 Å². The van der Waals surface area contributed by atoms with Crippen LogP contribution >= 0.6 is 0 Å². The van der Waals surface area contributed by atoms with Crippen molar-refractivity contribution in [3.63, 3.8) is 0 Å². The number of hydrogen-bond donors (Lipinski definition) is 2. The van der Waals surface area contributed by atoms with Crippen LogP contribution in [0.3, 0.4) is 0 Å². The molecule has 0 aromatic carbocycles. The summed E-state index contributed by atoms with van der Waals surface area (Å²) in [5, 5.41) is 8.39. The first-order valence-electron chi connectivity index (χ1n) is 4.17. The fourth-order valence-electron chi connectivity index (χ4n) is 0.667. The van der Waals surface area contributed by atoms with Gasteiger partial charge in [0.15, 0.2) is 0 Å². The van der Waals surface area contributed by atoms with E-state index in [1.165, 1.54) is 0 Å². The standard InChI is InChI=1S/C7H17NO4S/c1-7(2)12-5-6-13(10,11)8-3-4-9/h7-9H,3-6H2,1-2H3. The summed E-state index contributed by atoms with van der Waals surface area (Å²) in [5.74, 6) is -0.0643. The summed E-state index contributed by atoms with van der Waals surface area (Å²) < 4.78 is 29.4. The molecular formula is C7H17NO4S. The quantitative estimate of drug-likeness (QED) is 0.585. The lowest BCUT2D eigenvalue weighted by Crippen LogP contribution is -2.31. The molecule has 0 aliphatic heterocycles. The Morgan fingerprint density at radius 2 is 2.08 bits per heavy atom. The molecule has 0 aromatic heterocycles. The van der Waals surface area contributed by atoms with Gasteiger partial charge in [0.1, 0.15) is 0 Å². The van der Waals surface area contributed by atoms with E-state index in [9.17, 15) is 8.42 Å². The van der Waals surface area contributed by atoms with Gasteiger partial charge in [-0.1, -0.05) is 0 Å². The molecule has 2 N–H and O–H groups in total. The maximum absolute atomic E-state index is 11.1. The third-order valence-electron chi connectivity index (χ3n) is 1.24. The Morgan fingerprint density at radius 3 is 2.54 bits per heavy atom. The van der Waals surface area contributed by atoms with Crippen molar-refractivity contribution >= 4 is 10.0 Å². The van der Waals surface area contributed by atoms with Crippen molar-refractivity contribution in [3.8, 4) is 0 Å². The zero-order valence-corrected chi connectivity index (χ0v) is 8.80. The van der Waals surface area contributed by atoms with Crippen LogP contribution in [-0.4, -0.2) is 45.1 Å². The van der Waals surface area contributed by atoms with Crippen LogP contribution in [0.15, 0.2) is 0 Å². The molecule has 0 heterocycles. The van der Waals surface area contributed by atoms with Gasteiger partial charge in [-0.05, 0) is 13.8 Å². The molecule has 0 aliphatic rings. The molecule has 13 heavy (non-hydrogen) atoms. The van der Waals surface area contributed by atoms with Gasteiger partial charge in [0.05, 0.1) is 25.1 Å². The molecule has 0 atom stereocenters. The summed E-state index contributed by atoms with van der Waals surface area (Å²) >= 11 is 0. The van der Waals surface area contributed by atoms with Crippen LogP contribution in [0.2, 0.25) is 0 Å². The second-order valence-electron chi connectivity index (χ2n) is 2.86. The molecule has 0 spiro atoms. The minimum Gasteiger partial charge on any atom is -0.395 e. The van der Waals surface area contributed by atoms with Gasteiger partial charge in [-0.2, -0.15) is 0 Å². The van der Waals surface area contributed by atoms with E-state index in [0.717, 1.165) is 0 Å². The third kappa shape index (κ3) is 8.17.